The molecule has 0 saturated carbocycles. The van der Waals surface area contributed by atoms with Crippen molar-refractivity contribution in [2.45, 2.75) is 24.5 Å². The minimum absolute atomic E-state index is 0.173. The number of aromatic amines is 1. The maximum Gasteiger partial charge on any atom is 0.340 e. The van der Waals surface area contributed by atoms with Crippen LogP contribution in [-0.2, 0) is 15.2 Å². The van der Waals surface area contributed by atoms with E-state index in [2.05, 4.69) is 4.98 Å². The van der Waals surface area contributed by atoms with E-state index >= 15 is 0 Å². The molecular formula is C14H16N2O5. The van der Waals surface area contributed by atoms with Crippen molar-refractivity contribution >= 4 is 22.8 Å². The largest absolute Gasteiger partial charge is 0.481 e. The van der Waals surface area contributed by atoms with E-state index in [4.69, 9.17) is 10.8 Å². The van der Waals surface area contributed by atoms with Gasteiger partial charge in [0, 0.05) is 35.1 Å². The van der Waals surface area contributed by atoms with E-state index in [-0.39, 0.29) is 5.56 Å². The summed E-state index contributed by atoms with van der Waals surface area (Å²) >= 11 is 0. The molecule has 1 aromatic heterocycles. The van der Waals surface area contributed by atoms with Gasteiger partial charge < -0.3 is 26.0 Å². The number of aliphatic hydroxyl groups is 1. The fourth-order valence-corrected chi connectivity index (χ4v) is 2.40. The lowest BCUT2D eigenvalue weighted by molar-refractivity contribution is -0.161. The Bertz CT molecular complexity index is 681. The number of nitrogens with one attached hydrogen (secondary N) is 1. The Morgan fingerprint density at radius 2 is 1.95 bits per heavy atom. The van der Waals surface area contributed by atoms with E-state index < -0.39 is 36.4 Å². The molecule has 0 saturated heterocycles. The van der Waals surface area contributed by atoms with Crippen molar-refractivity contribution in [3.05, 3.63) is 36.0 Å². The van der Waals surface area contributed by atoms with Crippen molar-refractivity contribution in [1.29, 1.82) is 0 Å². The van der Waals surface area contributed by atoms with Crippen LogP contribution >= 0.6 is 0 Å². The number of fused-ring (bicyclic) bond motifs is 1. The number of hydrogen-bond donors (Lipinski definition) is 5. The zero-order chi connectivity index (χ0) is 15.6. The molecule has 0 aliphatic heterocycles. The lowest BCUT2D eigenvalue weighted by Gasteiger charge is -2.25. The lowest BCUT2D eigenvalue weighted by atomic mass is 9.86. The minimum Gasteiger partial charge on any atom is -0.481 e. The second-order valence-electron chi connectivity index (χ2n) is 4.98. The summed E-state index contributed by atoms with van der Waals surface area (Å²) in [5.41, 5.74) is 4.24. The first-order valence-corrected chi connectivity index (χ1v) is 6.34. The molecule has 7 heteroatoms. The fraction of sp³-hybridized carbons (Fsp3) is 0.286. The maximum atomic E-state index is 11.5. The number of aliphatic carboxylic acids is 2. The molecule has 21 heavy (non-hydrogen) atoms. The number of para-hydroxylation sites is 1. The van der Waals surface area contributed by atoms with Gasteiger partial charge in [-0.2, -0.15) is 0 Å². The number of rotatable bonds is 6. The summed E-state index contributed by atoms with van der Waals surface area (Å²) in [6, 6.07) is 5.95. The topological polar surface area (TPSA) is 137 Å². The molecule has 6 N–H and O–H groups in total. The first-order chi connectivity index (χ1) is 9.84. The molecule has 112 valence electrons. The highest BCUT2D eigenvalue weighted by Crippen LogP contribution is 2.33. The van der Waals surface area contributed by atoms with Gasteiger partial charge in [0.25, 0.3) is 0 Å². The third-order valence-electron chi connectivity index (χ3n) is 3.38. The van der Waals surface area contributed by atoms with Crippen LogP contribution in [0.3, 0.4) is 0 Å². The number of benzene rings is 1. The molecule has 2 rings (SSSR count). The summed E-state index contributed by atoms with van der Waals surface area (Å²) in [5, 5.41) is 29.2. The lowest BCUT2D eigenvalue weighted by Crippen LogP contribution is -2.42. The van der Waals surface area contributed by atoms with E-state index in [1.54, 1.807) is 24.3 Å². The predicted octanol–water partition coefficient (Wildman–Crippen LogP) is 0.632. The number of hydrogen-bond acceptors (Lipinski definition) is 4. The quantitative estimate of drug-likeness (QED) is 0.529. The van der Waals surface area contributed by atoms with Gasteiger partial charge >= 0.3 is 11.9 Å². The number of aromatic nitrogens is 1. The monoisotopic (exact) mass is 292 g/mol. The van der Waals surface area contributed by atoms with Gasteiger partial charge in [0.1, 0.15) is 0 Å². The highest BCUT2D eigenvalue weighted by molar-refractivity contribution is 5.91. The van der Waals surface area contributed by atoms with Gasteiger partial charge in [-0.25, -0.2) is 4.79 Å². The molecule has 1 aromatic carbocycles. The van der Waals surface area contributed by atoms with Crippen molar-refractivity contribution in [3.63, 3.8) is 0 Å². The molecule has 1 unspecified atom stereocenters. The van der Waals surface area contributed by atoms with Gasteiger partial charge in [0.2, 0.25) is 0 Å². The fourth-order valence-electron chi connectivity index (χ4n) is 2.40. The zero-order valence-electron chi connectivity index (χ0n) is 11.1. The number of carboxylic acid groups (broad SMARTS) is 2. The van der Waals surface area contributed by atoms with Gasteiger partial charge in [-0.05, 0) is 6.07 Å². The Labute approximate surface area is 120 Å². The molecule has 1 heterocycles. The van der Waals surface area contributed by atoms with Crippen LogP contribution < -0.4 is 5.73 Å². The summed E-state index contributed by atoms with van der Waals surface area (Å²) in [6.07, 6.45) is 0.598. The summed E-state index contributed by atoms with van der Waals surface area (Å²) in [6.45, 7) is 0. The Morgan fingerprint density at radius 1 is 1.29 bits per heavy atom. The molecule has 0 radical (unpaired) electrons. The third-order valence-corrected chi connectivity index (χ3v) is 3.38. The van der Waals surface area contributed by atoms with Crippen molar-refractivity contribution < 1.29 is 24.9 Å². The van der Waals surface area contributed by atoms with Crippen LogP contribution in [0.5, 0.6) is 0 Å². The van der Waals surface area contributed by atoms with E-state index in [0.29, 0.717) is 10.9 Å². The highest BCUT2D eigenvalue weighted by atomic mass is 16.4. The van der Waals surface area contributed by atoms with Crippen LogP contribution in [0.1, 0.15) is 18.4 Å². The molecule has 0 bridgehead atoms. The second-order valence-corrected chi connectivity index (χ2v) is 4.98. The average molecular weight is 292 g/mol. The number of carbonyl (C=O) groups is 2. The maximum absolute atomic E-state index is 11.5. The second kappa shape index (κ2) is 5.55. The average Bonchev–Trinajstić information content (AvgIpc) is 2.81. The van der Waals surface area contributed by atoms with Crippen molar-refractivity contribution in [2.24, 2.45) is 5.73 Å². The van der Waals surface area contributed by atoms with Gasteiger partial charge in [-0.1, -0.05) is 18.2 Å². The molecule has 0 aliphatic carbocycles. The molecule has 0 spiro atoms. The SMILES string of the molecule is N[C@H](CC(=O)O)CC(O)(C(=O)O)c1c[nH]c2ccccc12. The van der Waals surface area contributed by atoms with Gasteiger partial charge in [0.15, 0.2) is 5.60 Å². The Morgan fingerprint density at radius 3 is 2.57 bits per heavy atom. The predicted molar refractivity (Wildman–Crippen MR) is 74.7 cm³/mol. The number of H-pyrrole nitrogens is 1. The number of nitrogens with two attached hydrogens (primary N) is 1. The van der Waals surface area contributed by atoms with Gasteiger partial charge in [0.05, 0.1) is 6.42 Å². The Hall–Kier alpha value is -2.38. The van der Waals surface area contributed by atoms with E-state index in [0.717, 1.165) is 0 Å². The third kappa shape index (κ3) is 2.88. The highest BCUT2D eigenvalue weighted by Gasteiger charge is 2.41. The molecular weight excluding hydrogens is 276 g/mol. The summed E-state index contributed by atoms with van der Waals surface area (Å²) in [7, 11) is 0. The van der Waals surface area contributed by atoms with E-state index in [1.165, 1.54) is 6.20 Å². The van der Waals surface area contributed by atoms with Gasteiger partial charge in [-0.3, -0.25) is 4.79 Å². The van der Waals surface area contributed by atoms with Crippen LogP contribution in [0, 0.1) is 0 Å². The van der Waals surface area contributed by atoms with Crippen molar-refractivity contribution in [2.75, 3.05) is 0 Å². The number of carboxylic acids is 2. The van der Waals surface area contributed by atoms with Gasteiger partial charge in [-0.15, -0.1) is 0 Å². The minimum atomic E-state index is -2.24. The smallest absolute Gasteiger partial charge is 0.340 e. The Balaban J connectivity index is 2.42. The Kier molecular flexibility index (Phi) is 3.97. The molecule has 0 aliphatic rings. The molecule has 2 atom stereocenters. The molecule has 2 aromatic rings. The summed E-state index contributed by atoms with van der Waals surface area (Å²) in [4.78, 5) is 25.0. The standard InChI is InChI=1S/C14H16N2O5/c15-8(5-12(17)18)6-14(21,13(19)20)10-7-16-11-4-2-1-3-9(10)11/h1-4,7-8,16,21H,5-6,15H2,(H,17,18)(H,19,20)/t8-,14?/m1/s1. The molecule has 7 nitrogen and oxygen atoms in total. The summed E-state index contributed by atoms with van der Waals surface area (Å²) < 4.78 is 0. The first-order valence-electron chi connectivity index (χ1n) is 6.34. The normalized spacial score (nSPS) is 15.5. The van der Waals surface area contributed by atoms with Crippen LogP contribution in [0.25, 0.3) is 10.9 Å². The van der Waals surface area contributed by atoms with Crippen LogP contribution in [0.2, 0.25) is 0 Å². The molecule has 0 amide bonds. The summed E-state index contributed by atoms with van der Waals surface area (Å²) in [5.74, 6) is -2.61. The van der Waals surface area contributed by atoms with Crippen LogP contribution in [0.15, 0.2) is 30.5 Å². The van der Waals surface area contributed by atoms with Crippen molar-refractivity contribution in [3.8, 4) is 0 Å². The van der Waals surface area contributed by atoms with Crippen LogP contribution in [-0.4, -0.2) is 38.3 Å². The molecule has 0 fully saturated rings. The van der Waals surface area contributed by atoms with Crippen molar-refractivity contribution in [1.82, 2.24) is 4.98 Å². The first kappa shape index (κ1) is 15.0. The van der Waals surface area contributed by atoms with E-state index in [1.807, 2.05) is 0 Å². The van der Waals surface area contributed by atoms with Crippen LogP contribution in [0.4, 0.5) is 0 Å². The zero-order valence-corrected chi connectivity index (χ0v) is 11.1. The van der Waals surface area contributed by atoms with E-state index in [9.17, 15) is 19.8 Å².